The predicted octanol–water partition coefficient (Wildman–Crippen LogP) is 2.79. The van der Waals surface area contributed by atoms with E-state index in [4.69, 9.17) is 5.73 Å². The Morgan fingerprint density at radius 1 is 1.15 bits per heavy atom. The van der Waals surface area contributed by atoms with Gasteiger partial charge in [0.25, 0.3) is 0 Å². The highest BCUT2D eigenvalue weighted by Crippen LogP contribution is 2.44. The quantitative estimate of drug-likeness (QED) is 0.772. The molecule has 138 valence electrons. The molecule has 4 N–H and O–H groups in total. The second-order valence-electron chi connectivity index (χ2n) is 6.73. The molecule has 2 amide bonds. The number of likely N-dealkylation sites (tertiary alicyclic amines) is 1. The Morgan fingerprint density at radius 2 is 1.77 bits per heavy atom. The number of nitrogens with two attached hydrogens (primary N) is 1. The van der Waals surface area contributed by atoms with Crippen molar-refractivity contribution in [1.82, 2.24) is 15.2 Å². The normalized spacial score (nSPS) is 20.0. The number of piperidine rings is 1. The van der Waals surface area contributed by atoms with E-state index in [9.17, 15) is 9.18 Å². The number of benzene rings is 1. The number of carbonyl (C=O) groups excluding carboxylic acids is 1. The van der Waals surface area contributed by atoms with Crippen molar-refractivity contribution in [2.45, 2.75) is 6.42 Å². The first-order valence-corrected chi connectivity index (χ1v) is 8.68. The zero-order valence-electron chi connectivity index (χ0n) is 15.0. The number of aromatic nitrogens is 1. The van der Waals surface area contributed by atoms with Gasteiger partial charge in [0.15, 0.2) is 5.82 Å². The van der Waals surface area contributed by atoms with E-state index in [0.29, 0.717) is 29.0 Å². The Labute approximate surface area is 152 Å². The first-order chi connectivity index (χ1) is 12.5. The average Bonchev–Trinajstić information content (AvgIpc) is 3.23. The Bertz CT molecular complexity index is 770. The molecule has 2 fully saturated rings. The van der Waals surface area contributed by atoms with Crippen LogP contribution < -0.4 is 16.4 Å². The van der Waals surface area contributed by atoms with E-state index in [0.717, 1.165) is 18.7 Å². The Kier molecular flexibility index (Phi) is 5.37. The number of hydrogen-bond acceptors (Lipinski definition) is 4. The molecule has 1 aromatic heterocycles. The molecule has 6 nitrogen and oxygen atoms in total. The van der Waals surface area contributed by atoms with E-state index >= 15 is 0 Å². The third-order valence-electron chi connectivity index (χ3n) is 4.56. The highest BCUT2D eigenvalue weighted by atomic mass is 19.1. The van der Waals surface area contributed by atoms with Crippen LogP contribution in [0.1, 0.15) is 6.42 Å². The molecule has 2 unspecified atom stereocenters. The lowest BCUT2D eigenvalue weighted by Gasteiger charge is -2.19. The van der Waals surface area contributed by atoms with Crippen molar-refractivity contribution in [3.8, 4) is 11.3 Å². The maximum absolute atomic E-state index is 13.0. The minimum atomic E-state index is -0.301. The minimum Gasteiger partial charge on any atom is -0.396 e. The SMILES string of the molecule is CNC.Nc1ccc(-c2ccc(F)cc2)nc1NC(=O)N1CC2CC2C1. The molecule has 2 aliphatic rings. The summed E-state index contributed by atoms with van der Waals surface area (Å²) < 4.78 is 13.0. The lowest BCUT2D eigenvalue weighted by Crippen LogP contribution is -2.34. The van der Waals surface area contributed by atoms with Gasteiger partial charge in [-0.25, -0.2) is 14.2 Å². The Hall–Kier alpha value is -2.67. The summed E-state index contributed by atoms with van der Waals surface area (Å²) in [5, 5.41) is 5.54. The third kappa shape index (κ3) is 4.11. The van der Waals surface area contributed by atoms with Gasteiger partial charge in [-0.15, -0.1) is 0 Å². The number of hydrogen-bond donors (Lipinski definition) is 3. The van der Waals surface area contributed by atoms with Gasteiger partial charge >= 0.3 is 6.03 Å². The van der Waals surface area contributed by atoms with E-state index in [-0.39, 0.29) is 11.8 Å². The molecule has 1 aromatic carbocycles. The van der Waals surface area contributed by atoms with Crippen LogP contribution in [-0.4, -0.2) is 43.1 Å². The van der Waals surface area contributed by atoms with Crippen LogP contribution >= 0.6 is 0 Å². The van der Waals surface area contributed by atoms with Crippen LogP contribution in [-0.2, 0) is 0 Å². The molecule has 4 rings (SSSR count). The standard InChI is InChI=1S/C17H17FN4O.C2H7N/c18-13-3-1-10(2-4-13)15-6-5-14(19)16(20-15)21-17(23)22-8-11-7-12(11)9-22;1-3-2/h1-6,11-12H,7-9,19H2,(H,20,21,23);3H,1-2H3. The Morgan fingerprint density at radius 3 is 2.38 bits per heavy atom. The van der Waals surface area contributed by atoms with Crippen LogP contribution in [0.5, 0.6) is 0 Å². The largest absolute Gasteiger partial charge is 0.396 e. The summed E-state index contributed by atoms with van der Waals surface area (Å²) in [6.45, 7) is 1.63. The number of fused-ring (bicyclic) bond motifs is 1. The molecule has 0 bridgehead atoms. The van der Waals surface area contributed by atoms with Gasteiger partial charge in [0.2, 0.25) is 0 Å². The number of pyridine rings is 1. The van der Waals surface area contributed by atoms with Gasteiger partial charge in [0, 0.05) is 18.7 Å². The molecule has 1 saturated heterocycles. The number of anilines is 2. The fourth-order valence-electron chi connectivity index (χ4n) is 3.10. The summed E-state index contributed by atoms with van der Waals surface area (Å²) in [6.07, 6.45) is 1.24. The molecule has 0 spiro atoms. The number of amides is 2. The number of nitrogens with zero attached hydrogens (tertiary/aromatic N) is 2. The first kappa shape index (κ1) is 18.1. The van der Waals surface area contributed by atoms with Crippen LogP contribution in [0.15, 0.2) is 36.4 Å². The van der Waals surface area contributed by atoms with E-state index in [1.807, 2.05) is 19.0 Å². The minimum absolute atomic E-state index is 0.160. The second-order valence-corrected chi connectivity index (χ2v) is 6.73. The first-order valence-electron chi connectivity index (χ1n) is 8.68. The zero-order chi connectivity index (χ0) is 18.7. The fraction of sp³-hybridized carbons (Fsp3) is 0.368. The van der Waals surface area contributed by atoms with Crippen molar-refractivity contribution < 1.29 is 9.18 Å². The molecule has 2 atom stereocenters. The third-order valence-corrected chi connectivity index (χ3v) is 4.56. The summed E-state index contributed by atoms with van der Waals surface area (Å²) in [5.41, 5.74) is 7.74. The summed E-state index contributed by atoms with van der Waals surface area (Å²) in [7, 11) is 3.75. The van der Waals surface area contributed by atoms with Crippen molar-refractivity contribution in [1.29, 1.82) is 0 Å². The lowest BCUT2D eigenvalue weighted by atomic mass is 10.1. The number of halogens is 1. The second kappa shape index (κ2) is 7.70. The van der Waals surface area contributed by atoms with Crippen LogP contribution in [0.25, 0.3) is 11.3 Å². The number of urea groups is 1. The summed E-state index contributed by atoms with van der Waals surface area (Å²) in [5.74, 6) is 1.40. The molecule has 2 heterocycles. The van der Waals surface area contributed by atoms with E-state index in [2.05, 4.69) is 15.6 Å². The molecule has 1 aliphatic heterocycles. The molecule has 2 aromatic rings. The van der Waals surface area contributed by atoms with Gasteiger partial charge < -0.3 is 16.0 Å². The maximum atomic E-state index is 13.0. The van der Waals surface area contributed by atoms with Gasteiger partial charge in [0.1, 0.15) is 5.82 Å². The van der Waals surface area contributed by atoms with Crippen molar-refractivity contribution >= 4 is 17.5 Å². The van der Waals surface area contributed by atoms with Crippen molar-refractivity contribution in [2.24, 2.45) is 11.8 Å². The zero-order valence-corrected chi connectivity index (χ0v) is 15.0. The van der Waals surface area contributed by atoms with Crippen LogP contribution in [0.2, 0.25) is 0 Å². The highest BCUT2D eigenvalue weighted by molar-refractivity contribution is 5.92. The number of nitrogens with one attached hydrogen (secondary N) is 2. The number of rotatable bonds is 2. The van der Waals surface area contributed by atoms with Crippen LogP contribution in [0.4, 0.5) is 20.7 Å². The van der Waals surface area contributed by atoms with E-state index in [1.165, 1.54) is 18.6 Å². The van der Waals surface area contributed by atoms with E-state index in [1.54, 1.807) is 24.3 Å². The van der Waals surface area contributed by atoms with E-state index < -0.39 is 0 Å². The van der Waals surface area contributed by atoms with Crippen molar-refractivity contribution in [2.75, 3.05) is 38.2 Å². The van der Waals surface area contributed by atoms with Crippen LogP contribution in [0.3, 0.4) is 0 Å². The van der Waals surface area contributed by atoms with Gasteiger partial charge in [-0.2, -0.15) is 0 Å². The fourth-order valence-corrected chi connectivity index (χ4v) is 3.10. The molecule has 1 saturated carbocycles. The topological polar surface area (TPSA) is 83.3 Å². The molecular formula is C19H24FN5O. The molecule has 0 radical (unpaired) electrons. The summed E-state index contributed by atoms with van der Waals surface area (Å²) in [4.78, 5) is 18.5. The molecule has 7 heteroatoms. The number of carbonyl (C=O) groups is 1. The van der Waals surface area contributed by atoms with Gasteiger partial charge in [-0.3, -0.25) is 5.32 Å². The molecule has 1 aliphatic carbocycles. The van der Waals surface area contributed by atoms with Gasteiger partial charge in [-0.05, 0) is 68.8 Å². The Balaban J connectivity index is 0.000000613. The lowest BCUT2D eigenvalue weighted by molar-refractivity contribution is 0.217. The van der Waals surface area contributed by atoms with Gasteiger partial charge in [0.05, 0.1) is 11.4 Å². The van der Waals surface area contributed by atoms with Crippen molar-refractivity contribution in [3.63, 3.8) is 0 Å². The maximum Gasteiger partial charge on any atom is 0.323 e. The van der Waals surface area contributed by atoms with Crippen LogP contribution in [0, 0.1) is 17.7 Å². The van der Waals surface area contributed by atoms with Crippen molar-refractivity contribution in [3.05, 3.63) is 42.2 Å². The summed E-state index contributed by atoms with van der Waals surface area (Å²) >= 11 is 0. The molecule has 26 heavy (non-hydrogen) atoms. The predicted molar refractivity (Wildman–Crippen MR) is 101 cm³/mol. The monoisotopic (exact) mass is 357 g/mol. The smallest absolute Gasteiger partial charge is 0.323 e. The molecular weight excluding hydrogens is 333 g/mol. The average molecular weight is 357 g/mol. The van der Waals surface area contributed by atoms with Gasteiger partial charge in [-0.1, -0.05) is 0 Å². The number of nitrogen functional groups attached to an aromatic ring is 1. The highest BCUT2D eigenvalue weighted by Gasteiger charge is 2.46. The summed E-state index contributed by atoms with van der Waals surface area (Å²) in [6, 6.07) is 9.34.